The van der Waals surface area contributed by atoms with Crippen LogP contribution in [0.3, 0.4) is 0 Å². The molecule has 3 aromatic carbocycles. The Kier molecular flexibility index (Phi) is 6.57. The molecule has 1 aliphatic rings. The SMILES string of the molecule is CCOc1ccc(NC(=O)c2cc3cc(Cl)ccc3n2NC(=O)C(=O)Nc2ccc3c(c2)OCO3)cc1. The van der Waals surface area contributed by atoms with Gasteiger partial charge in [0.1, 0.15) is 11.4 Å². The first-order valence-corrected chi connectivity index (χ1v) is 11.7. The first-order chi connectivity index (χ1) is 17.9. The molecule has 2 heterocycles. The summed E-state index contributed by atoms with van der Waals surface area (Å²) in [7, 11) is 0. The summed E-state index contributed by atoms with van der Waals surface area (Å²) < 4.78 is 17.2. The van der Waals surface area contributed by atoms with E-state index < -0.39 is 17.7 Å². The van der Waals surface area contributed by atoms with Crippen LogP contribution in [0.25, 0.3) is 10.9 Å². The number of ether oxygens (including phenoxy) is 3. The van der Waals surface area contributed by atoms with Crippen molar-refractivity contribution in [3.8, 4) is 17.2 Å². The first-order valence-electron chi connectivity index (χ1n) is 11.3. The molecule has 0 radical (unpaired) electrons. The summed E-state index contributed by atoms with van der Waals surface area (Å²) >= 11 is 6.12. The van der Waals surface area contributed by atoms with Crippen molar-refractivity contribution in [2.45, 2.75) is 6.92 Å². The predicted molar refractivity (Wildman–Crippen MR) is 138 cm³/mol. The molecule has 1 aliphatic heterocycles. The second-order valence-electron chi connectivity index (χ2n) is 7.94. The maximum Gasteiger partial charge on any atom is 0.328 e. The summed E-state index contributed by atoms with van der Waals surface area (Å²) in [6.07, 6.45) is 0. The molecular weight excluding hydrogens is 500 g/mol. The van der Waals surface area contributed by atoms with E-state index in [1.54, 1.807) is 66.7 Å². The number of carbonyl (C=O) groups excluding carboxylic acids is 3. The van der Waals surface area contributed by atoms with E-state index in [2.05, 4.69) is 16.1 Å². The van der Waals surface area contributed by atoms with E-state index in [0.29, 0.717) is 51.2 Å². The molecule has 5 rings (SSSR count). The van der Waals surface area contributed by atoms with Crippen LogP contribution >= 0.6 is 11.6 Å². The van der Waals surface area contributed by atoms with Crippen LogP contribution in [0.4, 0.5) is 11.4 Å². The second-order valence-corrected chi connectivity index (χ2v) is 8.38. The highest BCUT2D eigenvalue weighted by Gasteiger charge is 2.22. The van der Waals surface area contributed by atoms with Crippen LogP contribution in [0.15, 0.2) is 66.7 Å². The van der Waals surface area contributed by atoms with E-state index in [1.807, 2.05) is 6.92 Å². The number of anilines is 2. The Morgan fingerprint density at radius 2 is 1.65 bits per heavy atom. The van der Waals surface area contributed by atoms with Crippen molar-refractivity contribution in [1.82, 2.24) is 4.68 Å². The number of nitrogens with one attached hydrogen (secondary N) is 3. The maximum absolute atomic E-state index is 13.2. The Bertz CT molecular complexity index is 1520. The molecule has 4 aromatic rings. The molecule has 3 N–H and O–H groups in total. The molecule has 0 aliphatic carbocycles. The molecule has 37 heavy (non-hydrogen) atoms. The fourth-order valence-electron chi connectivity index (χ4n) is 3.78. The first kappa shape index (κ1) is 24.0. The molecular formula is C26H21ClN4O6. The van der Waals surface area contributed by atoms with Gasteiger partial charge in [-0.1, -0.05) is 11.6 Å². The van der Waals surface area contributed by atoms with Gasteiger partial charge in [-0.15, -0.1) is 0 Å². The van der Waals surface area contributed by atoms with Gasteiger partial charge in [-0.05, 0) is 67.6 Å². The lowest BCUT2D eigenvalue weighted by Gasteiger charge is -2.13. The van der Waals surface area contributed by atoms with Gasteiger partial charge in [0.2, 0.25) is 6.79 Å². The number of carbonyl (C=O) groups is 3. The van der Waals surface area contributed by atoms with E-state index in [4.69, 9.17) is 25.8 Å². The lowest BCUT2D eigenvalue weighted by Crippen LogP contribution is -2.36. The Morgan fingerprint density at radius 3 is 2.43 bits per heavy atom. The van der Waals surface area contributed by atoms with Crippen LogP contribution in [0.1, 0.15) is 17.4 Å². The zero-order chi connectivity index (χ0) is 25.9. The summed E-state index contributed by atoms with van der Waals surface area (Å²) in [5.41, 5.74) is 3.95. The third-order valence-electron chi connectivity index (χ3n) is 5.47. The molecule has 0 saturated carbocycles. The van der Waals surface area contributed by atoms with Gasteiger partial charge in [0.15, 0.2) is 11.5 Å². The van der Waals surface area contributed by atoms with E-state index >= 15 is 0 Å². The van der Waals surface area contributed by atoms with Crippen LogP contribution in [-0.2, 0) is 9.59 Å². The smallest absolute Gasteiger partial charge is 0.328 e. The number of hydrogen-bond donors (Lipinski definition) is 3. The van der Waals surface area contributed by atoms with Gasteiger partial charge in [-0.2, -0.15) is 0 Å². The van der Waals surface area contributed by atoms with Gasteiger partial charge >= 0.3 is 11.8 Å². The van der Waals surface area contributed by atoms with Crippen molar-refractivity contribution in [3.63, 3.8) is 0 Å². The zero-order valence-electron chi connectivity index (χ0n) is 19.5. The number of nitrogens with zero attached hydrogens (tertiary/aromatic N) is 1. The van der Waals surface area contributed by atoms with Crippen molar-refractivity contribution in [2.75, 3.05) is 29.5 Å². The van der Waals surface area contributed by atoms with Crippen LogP contribution in [0, 0.1) is 0 Å². The van der Waals surface area contributed by atoms with Crippen molar-refractivity contribution in [1.29, 1.82) is 0 Å². The number of hydrogen-bond acceptors (Lipinski definition) is 6. The normalized spacial score (nSPS) is 11.7. The van der Waals surface area contributed by atoms with Crippen LogP contribution in [0.2, 0.25) is 5.02 Å². The van der Waals surface area contributed by atoms with Crippen molar-refractivity contribution in [2.24, 2.45) is 0 Å². The summed E-state index contributed by atoms with van der Waals surface area (Å²) in [6.45, 7) is 2.49. The summed E-state index contributed by atoms with van der Waals surface area (Å²) in [5.74, 6) is -0.756. The largest absolute Gasteiger partial charge is 0.494 e. The molecule has 3 amide bonds. The molecule has 188 valence electrons. The molecule has 0 unspecified atom stereocenters. The van der Waals surface area contributed by atoms with E-state index in [-0.39, 0.29) is 12.5 Å². The second kappa shape index (κ2) is 10.1. The fourth-order valence-corrected chi connectivity index (χ4v) is 3.97. The molecule has 0 saturated heterocycles. The molecule has 1 aromatic heterocycles. The number of rotatable bonds is 6. The minimum atomic E-state index is -0.986. The van der Waals surface area contributed by atoms with Gasteiger partial charge in [0.25, 0.3) is 5.91 Å². The van der Waals surface area contributed by atoms with Crippen molar-refractivity contribution in [3.05, 3.63) is 77.4 Å². The van der Waals surface area contributed by atoms with E-state index in [9.17, 15) is 14.4 Å². The minimum absolute atomic E-state index is 0.0828. The van der Waals surface area contributed by atoms with Crippen LogP contribution in [0.5, 0.6) is 17.2 Å². The Labute approximate surface area is 216 Å². The number of aromatic nitrogens is 1. The quantitative estimate of drug-likeness (QED) is 0.324. The third kappa shape index (κ3) is 5.14. The van der Waals surface area contributed by atoms with E-state index in [1.165, 1.54) is 4.68 Å². The maximum atomic E-state index is 13.2. The standard InChI is InChI=1S/C26H21ClN4O6/c1-2-35-19-7-4-17(5-8-19)28-24(32)21-12-15-11-16(27)3-9-20(15)31(21)30-26(34)25(33)29-18-6-10-22-23(13-18)37-14-36-22/h3-13H,2,14H2,1H3,(H,28,32)(H,29,33)(H,30,34). The van der Waals surface area contributed by atoms with Crippen molar-refractivity contribution < 1.29 is 28.6 Å². The topological polar surface area (TPSA) is 120 Å². The number of amides is 3. The van der Waals surface area contributed by atoms with E-state index in [0.717, 1.165) is 0 Å². The van der Waals surface area contributed by atoms with Gasteiger partial charge in [-0.3, -0.25) is 19.8 Å². The fraction of sp³-hybridized carbons (Fsp3) is 0.115. The third-order valence-corrected chi connectivity index (χ3v) is 5.70. The van der Waals surface area contributed by atoms with Crippen LogP contribution < -0.4 is 30.3 Å². The Hall–Kier alpha value is -4.70. The average molecular weight is 521 g/mol. The highest BCUT2D eigenvalue weighted by Crippen LogP contribution is 2.34. The molecule has 10 nitrogen and oxygen atoms in total. The molecule has 0 spiro atoms. The highest BCUT2D eigenvalue weighted by atomic mass is 35.5. The van der Waals surface area contributed by atoms with Gasteiger partial charge < -0.3 is 24.8 Å². The molecule has 0 atom stereocenters. The lowest BCUT2D eigenvalue weighted by molar-refractivity contribution is -0.133. The number of benzene rings is 3. The number of halogens is 1. The summed E-state index contributed by atoms with van der Waals surface area (Å²) in [6, 6.07) is 18.1. The average Bonchev–Trinajstić information content (AvgIpc) is 3.49. The molecule has 11 heteroatoms. The zero-order valence-corrected chi connectivity index (χ0v) is 20.3. The monoisotopic (exact) mass is 520 g/mol. The molecule has 0 bridgehead atoms. The number of fused-ring (bicyclic) bond motifs is 2. The van der Waals surface area contributed by atoms with Crippen LogP contribution in [-0.4, -0.2) is 35.8 Å². The lowest BCUT2D eigenvalue weighted by atomic mass is 10.2. The van der Waals surface area contributed by atoms with Gasteiger partial charge in [0.05, 0.1) is 12.1 Å². The highest BCUT2D eigenvalue weighted by molar-refractivity contribution is 6.42. The van der Waals surface area contributed by atoms with Gasteiger partial charge in [-0.25, -0.2) is 4.68 Å². The predicted octanol–water partition coefficient (Wildman–Crippen LogP) is 4.38. The Morgan fingerprint density at radius 1 is 0.892 bits per heavy atom. The molecule has 0 fully saturated rings. The summed E-state index contributed by atoms with van der Waals surface area (Å²) in [5, 5.41) is 6.35. The summed E-state index contributed by atoms with van der Waals surface area (Å²) in [4.78, 5) is 38.6. The van der Waals surface area contributed by atoms with Gasteiger partial charge in [0, 0.05) is 27.8 Å². The minimum Gasteiger partial charge on any atom is -0.494 e. The van der Waals surface area contributed by atoms with Crippen molar-refractivity contribution >= 4 is 51.6 Å². The Balaban J connectivity index is 1.37.